The lowest BCUT2D eigenvalue weighted by molar-refractivity contribution is -0.120. The Bertz CT molecular complexity index is 504. The quantitative estimate of drug-likeness (QED) is 0.840. The standard InChI is InChI=1S/C15H20F2N2O2/c16-10-5-6-12(13(17)7-10)14(20)8-19(9-15(18)21)11-3-1-2-4-11/h5-7,11,14,20H,1-4,8-9H2,(H2,18,21). The zero-order valence-electron chi connectivity index (χ0n) is 11.8. The van der Waals surface area contributed by atoms with E-state index in [9.17, 15) is 18.7 Å². The monoisotopic (exact) mass is 298 g/mol. The van der Waals surface area contributed by atoms with E-state index in [0.717, 1.165) is 37.8 Å². The van der Waals surface area contributed by atoms with Crippen molar-refractivity contribution < 1.29 is 18.7 Å². The lowest BCUT2D eigenvalue weighted by Gasteiger charge is -2.29. The Labute approximate surface area is 122 Å². The summed E-state index contributed by atoms with van der Waals surface area (Å²) in [6.45, 7) is 0.140. The van der Waals surface area contributed by atoms with Crippen LogP contribution in [0.25, 0.3) is 0 Å². The molecule has 1 atom stereocenters. The minimum atomic E-state index is -1.12. The lowest BCUT2D eigenvalue weighted by atomic mass is 10.1. The molecule has 21 heavy (non-hydrogen) atoms. The molecule has 0 spiro atoms. The topological polar surface area (TPSA) is 66.6 Å². The van der Waals surface area contributed by atoms with Crippen molar-refractivity contribution in [1.82, 2.24) is 4.90 Å². The van der Waals surface area contributed by atoms with E-state index in [2.05, 4.69) is 0 Å². The fourth-order valence-corrected chi connectivity index (χ4v) is 2.90. The van der Waals surface area contributed by atoms with E-state index in [0.29, 0.717) is 0 Å². The summed E-state index contributed by atoms with van der Waals surface area (Å²) in [6.07, 6.45) is 2.89. The number of benzene rings is 1. The summed E-state index contributed by atoms with van der Waals surface area (Å²) in [6, 6.07) is 3.25. The number of rotatable bonds is 6. The van der Waals surface area contributed by atoms with Gasteiger partial charge in [0.15, 0.2) is 0 Å². The zero-order chi connectivity index (χ0) is 15.4. The average Bonchev–Trinajstić information content (AvgIpc) is 2.90. The fraction of sp³-hybridized carbons (Fsp3) is 0.533. The molecule has 116 valence electrons. The van der Waals surface area contributed by atoms with E-state index in [1.807, 2.05) is 0 Å². The molecule has 1 aliphatic rings. The molecule has 2 rings (SSSR count). The summed E-state index contributed by atoms with van der Waals surface area (Å²) in [5, 5.41) is 10.2. The maximum atomic E-state index is 13.7. The van der Waals surface area contributed by atoms with Gasteiger partial charge in [-0.25, -0.2) is 8.78 Å². The Morgan fingerprint density at radius 2 is 2.05 bits per heavy atom. The first-order chi connectivity index (χ1) is 9.97. The van der Waals surface area contributed by atoms with Crippen LogP contribution in [-0.2, 0) is 4.79 Å². The van der Waals surface area contributed by atoms with Gasteiger partial charge in [-0.2, -0.15) is 0 Å². The van der Waals surface area contributed by atoms with Gasteiger partial charge < -0.3 is 10.8 Å². The van der Waals surface area contributed by atoms with Crippen molar-refractivity contribution in [2.75, 3.05) is 13.1 Å². The number of hydrogen-bond acceptors (Lipinski definition) is 3. The van der Waals surface area contributed by atoms with Crippen molar-refractivity contribution in [3.05, 3.63) is 35.4 Å². The molecule has 1 amide bonds. The van der Waals surface area contributed by atoms with Crippen molar-refractivity contribution in [2.45, 2.75) is 37.8 Å². The second-order valence-corrected chi connectivity index (χ2v) is 5.52. The Balaban J connectivity index is 2.09. The molecule has 1 aromatic carbocycles. The molecular weight excluding hydrogens is 278 g/mol. The van der Waals surface area contributed by atoms with Crippen LogP contribution in [0.4, 0.5) is 8.78 Å². The van der Waals surface area contributed by atoms with E-state index in [1.54, 1.807) is 4.90 Å². The van der Waals surface area contributed by atoms with E-state index in [-0.39, 0.29) is 24.7 Å². The molecule has 1 aliphatic carbocycles. The molecule has 6 heteroatoms. The highest BCUT2D eigenvalue weighted by Crippen LogP contribution is 2.26. The predicted octanol–water partition coefficient (Wildman–Crippen LogP) is 1.73. The highest BCUT2D eigenvalue weighted by atomic mass is 19.1. The van der Waals surface area contributed by atoms with Crippen LogP contribution in [0.1, 0.15) is 37.4 Å². The normalized spacial score (nSPS) is 17.3. The van der Waals surface area contributed by atoms with Crippen LogP contribution >= 0.6 is 0 Å². The summed E-state index contributed by atoms with van der Waals surface area (Å²) < 4.78 is 26.6. The van der Waals surface area contributed by atoms with Gasteiger partial charge in [0, 0.05) is 24.2 Å². The van der Waals surface area contributed by atoms with Gasteiger partial charge in [-0.15, -0.1) is 0 Å². The Morgan fingerprint density at radius 1 is 1.38 bits per heavy atom. The minimum absolute atomic E-state index is 0.0314. The molecule has 0 radical (unpaired) electrons. The number of halogens is 2. The first-order valence-corrected chi connectivity index (χ1v) is 7.12. The summed E-state index contributed by atoms with van der Waals surface area (Å²) >= 11 is 0. The molecule has 0 heterocycles. The first kappa shape index (κ1) is 15.9. The van der Waals surface area contributed by atoms with E-state index >= 15 is 0 Å². The number of primary amides is 1. The molecule has 1 aromatic rings. The molecule has 3 N–H and O–H groups in total. The molecular formula is C15H20F2N2O2. The summed E-state index contributed by atoms with van der Waals surface area (Å²) in [5.41, 5.74) is 5.27. The second-order valence-electron chi connectivity index (χ2n) is 5.52. The third-order valence-electron chi connectivity index (χ3n) is 3.93. The molecule has 1 saturated carbocycles. The highest BCUT2D eigenvalue weighted by Gasteiger charge is 2.26. The zero-order valence-corrected chi connectivity index (χ0v) is 11.8. The van der Waals surface area contributed by atoms with Gasteiger partial charge in [0.1, 0.15) is 11.6 Å². The second kappa shape index (κ2) is 6.95. The SMILES string of the molecule is NC(=O)CN(CC(O)c1ccc(F)cc1F)C1CCCC1. The van der Waals surface area contributed by atoms with Crippen molar-refractivity contribution >= 4 is 5.91 Å². The number of hydrogen-bond donors (Lipinski definition) is 2. The average molecular weight is 298 g/mol. The fourth-order valence-electron chi connectivity index (χ4n) is 2.90. The van der Waals surface area contributed by atoms with E-state index in [1.165, 1.54) is 6.07 Å². The molecule has 0 aromatic heterocycles. The van der Waals surface area contributed by atoms with E-state index in [4.69, 9.17) is 5.73 Å². The van der Waals surface area contributed by atoms with Gasteiger partial charge in [-0.3, -0.25) is 9.69 Å². The van der Waals surface area contributed by atoms with Gasteiger partial charge in [0.25, 0.3) is 0 Å². The Kier molecular flexibility index (Phi) is 5.25. The number of aliphatic hydroxyl groups is 1. The Morgan fingerprint density at radius 3 is 2.62 bits per heavy atom. The van der Waals surface area contributed by atoms with Crippen molar-refractivity contribution in [3.8, 4) is 0 Å². The smallest absolute Gasteiger partial charge is 0.231 e. The number of carbonyl (C=O) groups excluding carboxylic acids is 1. The maximum absolute atomic E-state index is 13.7. The molecule has 4 nitrogen and oxygen atoms in total. The molecule has 0 saturated heterocycles. The number of nitrogens with two attached hydrogens (primary N) is 1. The summed E-state index contributed by atoms with van der Waals surface area (Å²) in [5.74, 6) is -1.95. The summed E-state index contributed by atoms with van der Waals surface area (Å²) in [4.78, 5) is 13.0. The number of aliphatic hydroxyl groups excluding tert-OH is 1. The van der Waals surface area contributed by atoms with Crippen molar-refractivity contribution in [1.29, 1.82) is 0 Å². The maximum Gasteiger partial charge on any atom is 0.231 e. The highest BCUT2D eigenvalue weighted by molar-refractivity contribution is 5.76. The van der Waals surface area contributed by atoms with Crippen LogP contribution < -0.4 is 5.73 Å². The van der Waals surface area contributed by atoms with E-state index < -0.39 is 23.6 Å². The van der Waals surface area contributed by atoms with Gasteiger partial charge >= 0.3 is 0 Å². The molecule has 0 aliphatic heterocycles. The number of amides is 1. The lowest BCUT2D eigenvalue weighted by Crippen LogP contribution is -2.42. The van der Waals surface area contributed by atoms with Crippen LogP contribution in [0.3, 0.4) is 0 Å². The van der Waals surface area contributed by atoms with Gasteiger partial charge in [0.05, 0.1) is 12.6 Å². The van der Waals surface area contributed by atoms with Crippen LogP contribution in [0.15, 0.2) is 18.2 Å². The van der Waals surface area contributed by atoms with Crippen LogP contribution in [0.2, 0.25) is 0 Å². The first-order valence-electron chi connectivity index (χ1n) is 7.12. The van der Waals surface area contributed by atoms with Gasteiger partial charge in [0.2, 0.25) is 5.91 Å². The third kappa shape index (κ3) is 4.22. The molecule has 1 fully saturated rings. The number of carbonyl (C=O) groups is 1. The minimum Gasteiger partial charge on any atom is -0.387 e. The summed E-state index contributed by atoms with van der Waals surface area (Å²) in [7, 11) is 0. The van der Waals surface area contributed by atoms with Crippen LogP contribution in [-0.4, -0.2) is 35.0 Å². The Hall–Kier alpha value is -1.53. The van der Waals surface area contributed by atoms with Crippen molar-refractivity contribution in [2.24, 2.45) is 5.73 Å². The van der Waals surface area contributed by atoms with Gasteiger partial charge in [-0.1, -0.05) is 18.9 Å². The predicted molar refractivity (Wildman–Crippen MR) is 74.3 cm³/mol. The molecule has 1 unspecified atom stereocenters. The largest absolute Gasteiger partial charge is 0.387 e. The van der Waals surface area contributed by atoms with Gasteiger partial charge in [-0.05, 0) is 18.9 Å². The molecule has 0 bridgehead atoms. The third-order valence-corrected chi connectivity index (χ3v) is 3.93. The van der Waals surface area contributed by atoms with Crippen LogP contribution in [0.5, 0.6) is 0 Å². The van der Waals surface area contributed by atoms with Crippen molar-refractivity contribution in [3.63, 3.8) is 0 Å². The number of nitrogens with zero attached hydrogens (tertiary/aromatic N) is 1. The van der Waals surface area contributed by atoms with Crippen LogP contribution in [0, 0.1) is 11.6 Å².